The zero-order valence-electron chi connectivity index (χ0n) is 14.8. The molecule has 2 fully saturated rings. The summed E-state index contributed by atoms with van der Waals surface area (Å²) in [5, 5.41) is 3.91. The normalized spacial score (nSPS) is 26.3. The molecule has 0 aromatic carbocycles. The van der Waals surface area contributed by atoms with Crippen LogP contribution in [0.1, 0.15) is 59.3 Å². The van der Waals surface area contributed by atoms with E-state index >= 15 is 0 Å². The summed E-state index contributed by atoms with van der Waals surface area (Å²) in [6.45, 7) is 7.53. The van der Waals surface area contributed by atoms with Crippen molar-refractivity contribution in [2.45, 2.75) is 70.6 Å². The molecular weight excluding hydrogens is 308 g/mol. The number of carbonyl (C=O) groups excluding carboxylic acids is 2. The fraction of sp³-hybridized carbons (Fsp3) is 0.889. The Morgan fingerprint density at radius 1 is 1.13 bits per heavy atom. The Morgan fingerprint density at radius 3 is 2.39 bits per heavy atom. The molecular formula is C18H32N2O2S. The third kappa shape index (κ3) is 5.13. The van der Waals surface area contributed by atoms with Gasteiger partial charge in [0.25, 0.3) is 0 Å². The highest BCUT2D eigenvalue weighted by atomic mass is 32.2. The van der Waals surface area contributed by atoms with Gasteiger partial charge in [-0.15, -0.1) is 0 Å². The van der Waals surface area contributed by atoms with Crippen molar-refractivity contribution in [2.75, 3.05) is 18.8 Å². The number of hydrogen-bond donors (Lipinski definition) is 1. The lowest BCUT2D eigenvalue weighted by Gasteiger charge is -2.35. The van der Waals surface area contributed by atoms with Gasteiger partial charge in [-0.1, -0.05) is 33.6 Å². The SMILES string of the molecule is CCS[C@H]1CCCC[C@H]1NC(=O)C1CCN(C(=O)C(C)C)CC1. The Kier molecular flexibility index (Phi) is 7.25. The van der Waals surface area contributed by atoms with Crippen LogP contribution in [0.25, 0.3) is 0 Å². The Bertz CT molecular complexity index is 404. The van der Waals surface area contributed by atoms with Crippen molar-refractivity contribution in [2.24, 2.45) is 11.8 Å². The highest BCUT2D eigenvalue weighted by Crippen LogP contribution is 2.29. The fourth-order valence-corrected chi connectivity index (χ4v) is 4.90. The first-order valence-electron chi connectivity index (χ1n) is 9.23. The molecule has 0 radical (unpaired) electrons. The minimum atomic E-state index is 0.0504. The number of rotatable bonds is 5. The van der Waals surface area contributed by atoms with Gasteiger partial charge in [0.1, 0.15) is 0 Å². The standard InChI is InChI=1S/C18H32N2O2S/c1-4-23-16-8-6-5-7-15(16)19-17(21)14-9-11-20(12-10-14)18(22)13(2)3/h13-16H,4-12H2,1-3H3,(H,19,21)/t15-,16+/m1/s1. The summed E-state index contributed by atoms with van der Waals surface area (Å²) >= 11 is 1.99. The predicted molar refractivity (Wildman–Crippen MR) is 96.5 cm³/mol. The molecule has 2 aliphatic rings. The largest absolute Gasteiger partial charge is 0.352 e. The van der Waals surface area contributed by atoms with Crippen molar-refractivity contribution in [3.8, 4) is 0 Å². The van der Waals surface area contributed by atoms with Gasteiger partial charge in [-0.25, -0.2) is 0 Å². The molecule has 0 unspecified atom stereocenters. The first kappa shape index (κ1) is 18.6. The molecule has 0 aromatic rings. The lowest BCUT2D eigenvalue weighted by Crippen LogP contribution is -2.49. The molecule has 2 atom stereocenters. The first-order chi connectivity index (χ1) is 11.0. The number of thioether (sulfide) groups is 1. The van der Waals surface area contributed by atoms with E-state index in [9.17, 15) is 9.59 Å². The summed E-state index contributed by atoms with van der Waals surface area (Å²) in [6.07, 6.45) is 6.48. The van der Waals surface area contributed by atoms with Crippen molar-refractivity contribution in [1.29, 1.82) is 0 Å². The quantitative estimate of drug-likeness (QED) is 0.837. The van der Waals surface area contributed by atoms with Crippen molar-refractivity contribution in [3.63, 3.8) is 0 Å². The van der Waals surface area contributed by atoms with Crippen LogP contribution in [0, 0.1) is 11.8 Å². The van der Waals surface area contributed by atoms with Gasteiger partial charge >= 0.3 is 0 Å². The lowest BCUT2D eigenvalue weighted by atomic mass is 9.91. The van der Waals surface area contributed by atoms with Crippen molar-refractivity contribution < 1.29 is 9.59 Å². The maximum absolute atomic E-state index is 12.6. The maximum atomic E-state index is 12.6. The van der Waals surface area contributed by atoms with Crippen LogP contribution in [0.3, 0.4) is 0 Å². The Labute approximate surface area is 145 Å². The van der Waals surface area contributed by atoms with Crippen LogP contribution >= 0.6 is 11.8 Å². The van der Waals surface area contributed by atoms with Gasteiger partial charge in [-0.05, 0) is 31.4 Å². The third-order valence-corrected chi connectivity index (χ3v) is 6.41. The topological polar surface area (TPSA) is 49.4 Å². The molecule has 1 aliphatic heterocycles. The molecule has 0 bridgehead atoms. The van der Waals surface area contributed by atoms with Crippen LogP contribution in [0.15, 0.2) is 0 Å². The zero-order valence-corrected chi connectivity index (χ0v) is 15.7. The van der Waals surface area contributed by atoms with Crippen molar-refractivity contribution in [3.05, 3.63) is 0 Å². The molecule has 1 saturated heterocycles. The molecule has 2 rings (SSSR count). The molecule has 1 saturated carbocycles. The molecule has 2 amide bonds. The van der Waals surface area contributed by atoms with Gasteiger partial charge in [-0.2, -0.15) is 11.8 Å². The van der Waals surface area contributed by atoms with Gasteiger partial charge < -0.3 is 10.2 Å². The number of likely N-dealkylation sites (tertiary alicyclic amines) is 1. The molecule has 1 heterocycles. The maximum Gasteiger partial charge on any atom is 0.225 e. The Balaban J connectivity index is 1.81. The average molecular weight is 341 g/mol. The van der Waals surface area contributed by atoms with E-state index < -0.39 is 0 Å². The van der Waals surface area contributed by atoms with E-state index in [0.717, 1.165) is 38.1 Å². The van der Waals surface area contributed by atoms with E-state index in [0.29, 0.717) is 11.3 Å². The summed E-state index contributed by atoms with van der Waals surface area (Å²) in [6, 6.07) is 0.344. The molecule has 0 spiro atoms. The van der Waals surface area contributed by atoms with E-state index in [1.54, 1.807) is 0 Å². The summed E-state index contributed by atoms with van der Waals surface area (Å²) in [4.78, 5) is 26.6. The fourth-order valence-electron chi connectivity index (χ4n) is 3.70. The number of nitrogens with zero attached hydrogens (tertiary/aromatic N) is 1. The van der Waals surface area contributed by atoms with E-state index in [1.165, 1.54) is 19.3 Å². The van der Waals surface area contributed by atoms with E-state index in [-0.39, 0.29) is 23.7 Å². The van der Waals surface area contributed by atoms with Gasteiger partial charge in [0, 0.05) is 36.2 Å². The van der Waals surface area contributed by atoms with E-state index in [1.807, 2.05) is 30.5 Å². The number of nitrogens with one attached hydrogen (secondary N) is 1. The second-order valence-electron chi connectivity index (χ2n) is 7.15. The van der Waals surface area contributed by atoms with Crippen molar-refractivity contribution in [1.82, 2.24) is 10.2 Å². The second-order valence-corrected chi connectivity index (χ2v) is 8.66. The summed E-state index contributed by atoms with van der Waals surface area (Å²) in [5.74, 6) is 1.69. The van der Waals surface area contributed by atoms with E-state index in [4.69, 9.17) is 0 Å². The monoisotopic (exact) mass is 340 g/mol. The molecule has 1 N–H and O–H groups in total. The molecule has 4 nitrogen and oxygen atoms in total. The molecule has 0 aromatic heterocycles. The first-order valence-corrected chi connectivity index (χ1v) is 10.3. The van der Waals surface area contributed by atoms with Crippen LogP contribution in [0.4, 0.5) is 0 Å². The highest BCUT2D eigenvalue weighted by molar-refractivity contribution is 7.99. The number of piperidine rings is 1. The minimum absolute atomic E-state index is 0.0504. The summed E-state index contributed by atoms with van der Waals surface area (Å²) < 4.78 is 0. The Morgan fingerprint density at radius 2 is 1.78 bits per heavy atom. The smallest absolute Gasteiger partial charge is 0.225 e. The summed E-state index contributed by atoms with van der Waals surface area (Å²) in [5.41, 5.74) is 0. The summed E-state index contributed by atoms with van der Waals surface area (Å²) in [7, 11) is 0. The number of carbonyl (C=O) groups is 2. The lowest BCUT2D eigenvalue weighted by molar-refractivity contribution is -0.138. The van der Waals surface area contributed by atoms with Crippen molar-refractivity contribution >= 4 is 23.6 Å². The molecule has 132 valence electrons. The number of hydrogen-bond acceptors (Lipinski definition) is 3. The zero-order chi connectivity index (χ0) is 16.8. The van der Waals surface area contributed by atoms with Gasteiger partial charge in [0.05, 0.1) is 0 Å². The van der Waals surface area contributed by atoms with Crippen LogP contribution < -0.4 is 5.32 Å². The Hall–Kier alpha value is -0.710. The van der Waals surface area contributed by atoms with Gasteiger partial charge in [-0.3, -0.25) is 9.59 Å². The van der Waals surface area contributed by atoms with Crippen LogP contribution in [-0.2, 0) is 9.59 Å². The highest BCUT2D eigenvalue weighted by Gasteiger charge is 2.32. The van der Waals surface area contributed by atoms with Crippen LogP contribution in [-0.4, -0.2) is 46.8 Å². The van der Waals surface area contributed by atoms with E-state index in [2.05, 4.69) is 12.2 Å². The third-order valence-electron chi connectivity index (χ3n) is 5.08. The van der Waals surface area contributed by atoms with Gasteiger partial charge in [0.2, 0.25) is 11.8 Å². The molecule has 1 aliphatic carbocycles. The minimum Gasteiger partial charge on any atom is -0.352 e. The molecule has 23 heavy (non-hydrogen) atoms. The van der Waals surface area contributed by atoms with Crippen LogP contribution in [0.5, 0.6) is 0 Å². The molecule has 5 heteroatoms. The van der Waals surface area contributed by atoms with Gasteiger partial charge in [0.15, 0.2) is 0 Å². The second kappa shape index (κ2) is 8.95. The predicted octanol–water partition coefficient (Wildman–Crippen LogP) is 3.06. The number of amides is 2. The average Bonchev–Trinajstić information content (AvgIpc) is 2.56. The van der Waals surface area contributed by atoms with Crippen LogP contribution in [0.2, 0.25) is 0 Å².